The number of rotatable bonds is 7. The van der Waals surface area contributed by atoms with E-state index in [2.05, 4.69) is 10.6 Å². The van der Waals surface area contributed by atoms with Gasteiger partial charge in [-0.3, -0.25) is 0 Å². The molecule has 0 atom stereocenters. The van der Waals surface area contributed by atoms with E-state index in [9.17, 15) is 18.0 Å². The molecule has 0 bridgehead atoms. The van der Waals surface area contributed by atoms with Crippen molar-refractivity contribution >= 4 is 23.5 Å². The monoisotopic (exact) mass is 336 g/mol. The van der Waals surface area contributed by atoms with Crippen molar-refractivity contribution in [2.24, 2.45) is 0 Å². The van der Waals surface area contributed by atoms with E-state index in [0.717, 1.165) is 11.8 Å². The summed E-state index contributed by atoms with van der Waals surface area (Å²) in [5.74, 6) is 1.47. The number of aliphatic hydroxyl groups is 1. The van der Waals surface area contributed by atoms with E-state index in [1.165, 1.54) is 19.1 Å². The van der Waals surface area contributed by atoms with Gasteiger partial charge in [0.15, 0.2) is 0 Å². The molecule has 0 fully saturated rings. The van der Waals surface area contributed by atoms with Crippen LogP contribution in [0.2, 0.25) is 0 Å². The van der Waals surface area contributed by atoms with E-state index in [4.69, 9.17) is 5.11 Å². The zero-order chi connectivity index (χ0) is 16.6. The van der Waals surface area contributed by atoms with Gasteiger partial charge in [0.1, 0.15) is 0 Å². The summed E-state index contributed by atoms with van der Waals surface area (Å²) >= 11 is 1.58. The maximum absolute atomic E-state index is 12.8. The normalized spacial score (nSPS) is 11.3. The van der Waals surface area contributed by atoms with Gasteiger partial charge in [0.2, 0.25) is 0 Å². The number of urea groups is 1. The van der Waals surface area contributed by atoms with Crippen LogP contribution in [0.3, 0.4) is 0 Å². The first-order chi connectivity index (χ1) is 10.4. The Morgan fingerprint density at radius 3 is 2.68 bits per heavy atom. The molecule has 1 aromatic rings. The van der Waals surface area contributed by atoms with Crippen molar-refractivity contribution in [1.82, 2.24) is 5.32 Å². The first-order valence-corrected chi connectivity index (χ1v) is 7.92. The Bertz CT molecular complexity index is 495. The largest absolute Gasteiger partial charge is 0.416 e. The third-order valence-corrected chi connectivity index (χ3v) is 3.94. The molecule has 0 radical (unpaired) electrons. The van der Waals surface area contributed by atoms with Gasteiger partial charge in [0.05, 0.1) is 5.56 Å². The molecule has 1 rings (SSSR count). The lowest BCUT2D eigenvalue weighted by molar-refractivity contribution is -0.138. The van der Waals surface area contributed by atoms with E-state index in [1.807, 2.05) is 0 Å². The number of nitrogens with one attached hydrogen (secondary N) is 2. The lowest BCUT2D eigenvalue weighted by Gasteiger charge is -2.15. The number of carbonyl (C=O) groups is 1. The maximum atomic E-state index is 12.8. The van der Waals surface area contributed by atoms with Gasteiger partial charge >= 0.3 is 12.2 Å². The van der Waals surface area contributed by atoms with Gasteiger partial charge in [-0.1, -0.05) is 6.07 Å². The Morgan fingerprint density at radius 2 is 2.05 bits per heavy atom. The molecule has 0 unspecified atom stereocenters. The topological polar surface area (TPSA) is 61.4 Å². The third kappa shape index (κ3) is 6.15. The Morgan fingerprint density at radius 1 is 1.32 bits per heavy atom. The van der Waals surface area contributed by atoms with E-state index in [1.54, 1.807) is 11.8 Å². The molecule has 0 aromatic heterocycles. The third-order valence-electron chi connectivity index (χ3n) is 2.87. The van der Waals surface area contributed by atoms with E-state index in [-0.39, 0.29) is 17.9 Å². The van der Waals surface area contributed by atoms with E-state index >= 15 is 0 Å². The van der Waals surface area contributed by atoms with Crippen LogP contribution in [-0.2, 0) is 6.18 Å². The Labute approximate surface area is 131 Å². The number of aliphatic hydroxyl groups excluding tert-OH is 1. The fourth-order valence-corrected chi connectivity index (χ4v) is 2.53. The molecule has 0 aliphatic heterocycles. The van der Waals surface area contributed by atoms with Crippen molar-refractivity contribution < 1.29 is 23.1 Å². The number of thioether (sulfide) groups is 1. The van der Waals surface area contributed by atoms with Crippen molar-refractivity contribution in [2.75, 3.05) is 30.0 Å². The molecule has 3 N–H and O–H groups in total. The number of amides is 2. The molecule has 0 spiro atoms. The molecule has 8 heteroatoms. The fraction of sp³-hybridized carbons (Fsp3) is 0.500. The first kappa shape index (κ1) is 18.6. The summed E-state index contributed by atoms with van der Waals surface area (Å²) in [6, 6.07) is 3.14. The molecule has 0 aliphatic rings. The SMILES string of the molecule is Cc1c(NC(=O)NCCSCCCO)cccc1C(F)(F)F. The smallest absolute Gasteiger partial charge is 0.396 e. The average Bonchev–Trinajstić information content (AvgIpc) is 2.43. The van der Waals surface area contributed by atoms with Gasteiger partial charge in [0, 0.05) is 24.6 Å². The summed E-state index contributed by atoms with van der Waals surface area (Å²) in [6.07, 6.45) is -3.75. The van der Waals surface area contributed by atoms with Gasteiger partial charge < -0.3 is 15.7 Å². The van der Waals surface area contributed by atoms with Gasteiger partial charge in [-0.15, -0.1) is 0 Å². The van der Waals surface area contributed by atoms with Gasteiger partial charge in [-0.25, -0.2) is 4.79 Å². The van der Waals surface area contributed by atoms with E-state index in [0.29, 0.717) is 18.7 Å². The average molecular weight is 336 g/mol. The highest BCUT2D eigenvalue weighted by Crippen LogP contribution is 2.34. The molecule has 0 saturated heterocycles. The van der Waals surface area contributed by atoms with Crippen LogP contribution in [-0.4, -0.2) is 35.8 Å². The summed E-state index contributed by atoms with van der Waals surface area (Å²) in [5, 5.41) is 13.6. The quantitative estimate of drug-likeness (QED) is 0.670. The summed E-state index contributed by atoms with van der Waals surface area (Å²) in [4.78, 5) is 11.7. The second kappa shape index (κ2) is 8.89. The predicted octanol–water partition coefficient (Wildman–Crippen LogP) is 3.25. The minimum Gasteiger partial charge on any atom is -0.396 e. The van der Waals surface area contributed by atoms with Crippen LogP contribution < -0.4 is 10.6 Å². The van der Waals surface area contributed by atoms with Crippen molar-refractivity contribution in [3.63, 3.8) is 0 Å². The maximum Gasteiger partial charge on any atom is 0.416 e. The Balaban J connectivity index is 2.48. The highest BCUT2D eigenvalue weighted by molar-refractivity contribution is 7.99. The second-order valence-corrected chi connectivity index (χ2v) is 5.77. The fourth-order valence-electron chi connectivity index (χ4n) is 1.75. The summed E-state index contributed by atoms with van der Waals surface area (Å²) < 4.78 is 38.3. The molecule has 2 amide bonds. The molecule has 4 nitrogen and oxygen atoms in total. The first-order valence-electron chi connectivity index (χ1n) is 6.76. The Kier molecular flexibility index (Phi) is 7.53. The molecule has 1 aromatic carbocycles. The summed E-state index contributed by atoms with van der Waals surface area (Å²) in [7, 11) is 0. The predicted molar refractivity (Wildman–Crippen MR) is 82.2 cm³/mol. The number of anilines is 1. The zero-order valence-electron chi connectivity index (χ0n) is 12.2. The van der Waals surface area contributed by atoms with Crippen molar-refractivity contribution in [3.05, 3.63) is 29.3 Å². The van der Waals surface area contributed by atoms with Gasteiger partial charge in [0.25, 0.3) is 0 Å². The molecule has 0 heterocycles. The number of carbonyl (C=O) groups excluding carboxylic acids is 1. The minimum atomic E-state index is -4.44. The minimum absolute atomic E-state index is 0.0116. The van der Waals surface area contributed by atoms with Crippen molar-refractivity contribution in [1.29, 1.82) is 0 Å². The number of halogens is 3. The lowest BCUT2D eigenvalue weighted by Crippen LogP contribution is -2.31. The summed E-state index contributed by atoms with van der Waals surface area (Å²) in [5.41, 5.74) is -0.632. The molecule has 22 heavy (non-hydrogen) atoms. The van der Waals surface area contributed by atoms with Crippen LogP contribution >= 0.6 is 11.8 Å². The van der Waals surface area contributed by atoms with Crippen molar-refractivity contribution in [2.45, 2.75) is 19.5 Å². The van der Waals surface area contributed by atoms with Crippen LogP contribution in [0.25, 0.3) is 0 Å². The van der Waals surface area contributed by atoms with Crippen molar-refractivity contribution in [3.8, 4) is 0 Å². The zero-order valence-corrected chi connectivity index (χ0v) is 13.0. The molecular formula is C14H19F3N2O2S. The van der Waals surface area contributed by atoms with Gasteiger partial charge in [-0.05, 0) is 36.8 Å². The molecular weight excluding hydrogens is 317 g/mol. The number of hydrogen-bond donors (Lipinski definition) is 3. The Hall–Kier alpha value is -1.41. The van der Waals surface area contributed by atoms with E-state index < -0.39 is 17.8 Å². The lowest BCUT2D eigenvalue weighted by atomic mass is 10.1. The highest BCUT2D eigenvalue weighted by Gasteiger charge is 2.32. The standard InChI is InChI=1S/C14H19F3N2O2S/c1-10-11(14(15,16)17)4-2-5-12(10)19-13(21)18-6-9-22-8-3-7-20/h2,4-5,20H,3,6-9H2,1H3,(H2,18,19,21). The number of alkyl halides is 3. The number of benzene rings is 1. The molecule has 124 valence electrons. The van der Waals surface area contributed by atoms with Crippen LogP contribution in [0.1, 0.15) is 17.5 Å². The molecule has 0 aliphatic carbocycles. The van der Waals surface area contributed by atoms with Crippen LogP contribution in [0.4, 0.5) is 23.7 Å². The summed E-state index contributed by atoms with van der Waals surface area (Å²) in [6.45, 7) is 1.86. The highest BCUT2D eigenvalue weighted by atomic mass is 32.2. The van der Waals surface area contributed by atoms with Crippen LogP contribution in [0.5, 0.6) is 0 Å². The van der Waals surface area contributed by atoms with Crippen LogP contribution in [0, 0.1) is 6.92 Å². The molecule has 0 saturated carbocycles. The second-order valence-electron chi connectivity index (χ2n) is 4.55. The van der Waals surface area contributed by atoms with Gasteiger partial charge in [-0.2, -0.15) is 24.9 Å². The van der Waals surface area contributed by atoms with Crippen LogP contribution in [0.15, 0.2) is 18.2 Å². The number of hydrogen-bond acceptors (Lipinski definition) is 3.